The van der Waals surface area contributed by atoms with Gasteiger partial charge in [0.05, 0.1) is 26.2 Å². The van der Waals surface area contributed by atoms with Crippen LogP contribution in [-0.4, -0.2) is 30.7 Å². The molecule has 0 saturated heterocycles. The van der Waals surface area contributed by atoms with E-state index in [1.165, 1.54) is 108 Å². The Hall–Kier alpha value is 0.690. The fourth-order valence-electron chi connectivity index (χ4n) is 3.41. The molecule has 1 nitrogen and oxygen atoms in total. The highest BCUT2D eigenvalue weighted by atomic mass is 127. The Kier molecular flexibility index (Phi) is 20.4. The van der Waals surface area contributed by atoms with Crippen LogP contribution >= 0.6 is 0 Å². The molecule has 0 fully saturated rings. The Morgan fingerprint density at radius 3 is 1.05 bits per heavy atom. The van der Waals surface area contributed by atoms with Crippen LogP contribution in [0, 0.1) is 0 Å². The van der Waals surface area contributed by atoms with Crippen molar-refractivity contribution in [1.82, 2.24) is 0 Å². The number of hydrogen-bond acceptors (Lipinski definition) is 0. The molecule has 0 aliphatic rings. The van der Waals surface area contributed by atoms with E-state index in [2.05, 4.69) is 27.7 Å². The van der Waals surface area contributed by atoms with E-state index in [1.807, 2.05) is 0 Å². The lowest BCUT2D eigenvalue weighted by molar-refractivity contribution is -0.929. The molecule has 0 aliphatic carbocycles. The van der Waals surface area contributed by atoms with E-state index in [9.17, 15) is 0 Å². The molecule has 0 bridgehead atoms. The lowest BCUT2D eigenvalue weighted by atomic mass is 10.1. The zero-order valence-electron chi connectivity index (χ0n) is 16.1. The minimum absolute atomic E-state index is 0. The number of nitrogens with zero attached hydrogens (tertiary/aromatic N) is 1. The van der Waals surface area contributed by atoms with Gasteiger partial charge in [-0.1, -0.05) is 66.2 Å². The highest BCUT2D eigenvalue weighted by molar-refractivity contribution is 4.51. The van der Waals surface area contributed by atoms with Crippen LogP contribution in [0.2, 0.25) is 0 Å². The SMILES string of the molecule is CCCCCC[N+](CCCC)(CCCC)CCCCCC.[I-]. The molecule has 0 heterocycles. The zero-order chi connectivity index (χ0) is 15.8. The van der Waals surface area contributed by atoms with Crippen LogP contribution in [0.4, 0.5) is 0 Å². The van der Waals surface area contributed by atoms with E-state index in [-0.39, 0.29) is 24.0 Å². The van der Waals surface area contributed by atoms with Gasteiger partial charge in [-0.05, 0) is 38.5 Å². The maximum Gasteiger partial charge on any atom is 0.0786 e. The van der Waals surface area contributed by atoms with Crippen molar-refractivity contribution in [3.63, 3.8) is 0 Å². The van der Waals surface area contributed by atoms with E-state index >= 15 is 0 Å². The number of quaternary nitrogens is 1. The van der Waals surface area contributed by atoms with Crippen LogP contribution in [0.5, 0.6) is 0 Å². The van der Waals surface area contributed by atoms with Gasteiger partial charge in [0.25, 0.3) is 0 Å². The zero-order valence-corrected chi connectivity index (χ0v) is 18.3. The summed E-state index contributed by atoms with van der Waals surface area (Å²) in [5.41, 5.74) is 0. The molecule has 0 aromatic heterocycles. The van der Waals surface area contributed by atoms with Crippen LogP contribution in [-0.2, 0) is 0 Å². The summed E-state index contributed by atoms with van der Waals surface area (Å²) in [6.45, 7) is 15.1. The van der Waals surface area contributed by atoms with Crippen molar-refractivity contribution in [2.75, 3.05) is 26.2 Å². The van der Waals surface area contributed by atoms with Gasteiger partial charge in [-0.2, -0.15) is 0 Å². The van der Waals surface area contributed by atoms with Gasteiger partial charge >= 0.3 is 0 Å². The molecule has 0 spiro atoms. The van der Waals surface area contributed by atoms with Crippen LogP contribution in [0.3, 0.4) is 0 Å². The first-order valence-corrected chi connectivity index (χ1v) is 10.1. The minimum Gasteiger partial charge on any atom is -1.00 e. The van der Waals surface area contributed by atoms with Crippen LogP contribution in [0.25, 0.3) is 0 Å². The highest BCUT2D eigenvalue weighted by Gasteiger charge is 2.25. The molecule has 2 heteroatoms. The standard InChI is InChI=1S/C20H44N.HI/c1-5-9-13-15-19-21(17-11-7-3,18-12-8-4)20-16-14-10-6-2;/h5-20H2,1-4H3;1H/q+1;/p-1. The molecule has 0 atom stereocenters. The van der Waals surface area contributed by atoms with Crippen molar-refractivity contribution < 1.29 is 28.5 Å². The third kappa shape index (κ3) is 13.2. The van der Waals surface area contributed by atoms with Crippen molar-refractivity contribution in [3.05, 3.63) is 0 Å². The minimum atomic E-state index is 0. The molecule has 0 N–H and O–H groups in total. The van der Waals surface area contributed by atoms with Gasteiger partial charge in [-0.15, -0.1) is 0 Å². The van der Waals surface area contributed by atoms with E-state index < -0.39 is 0 Å². The molecule has 0 aromatic rings. The number of halogens is 1. The third-order valence-corrected chi connectivity index (χ3v) is 4.94. The second kappa shape index (κ2) is 18.0. The van der Waals surface area contributed by atoms with E-state index in [0.29, 0.717) is 0 Å². The lowest BCUT2D eigenvalue weighted by Gasteiger charge is -2.39. The molecule has 0 radical (unpaired) electrons. The number of unbranched alkanes of at least 4 members (excludes halogenated alkanes) is 8. The van der Waals surface area contributed by atoms with Crippen molar-refractivity contribution in [3.8, 4) is 0 Å². The van der Waals surface area contributed by atoms with Gasteiger partial charge < -0.3 is 28.5 Å². The van der Waals surface area contributed by atoms with Crippen molar-refractivity contribution in [1.29, 1.82) is 0 Å². The fourth-order valence-corrected chi connectivity index (χ4v) is 3.41. The molecule has 0 rings (SSSR count). The maximum atomic E-state index is 2.35. The first-order valence-electron chi connectivity index (χ1n) is 10.1. The first-order chi connectivity index (χ1) is 10.2. The molecule has 0 aromatic carbocycles. The number of rotatable bonds is 16. The van der Waals surface area contributed by atoms with E-state index in [1.54, 1.807) is 0 Å². The Morgan fingerprint density at radius 2 is 0.727 bits per heavy atom. The van der Waals surface area contributed by atoms with E-state index in [0.717, 1.165) is 0 Å². The summed E-state index contributed by atoms with van der Waals surface area (Å²) < 4.78 is 1.44. The summed E-state index contributed by atoms with van der Waals surface area (Å²) in [7, 11) is 0. The molecule has 0 aliphatic heterocycles. The molecule has 0 unspecified atom stereocenters. The van der Waals surface area contributed by atoms with Crippen LogP contribution in [0.1, 0.15) is 105 Å². The van der Waals surface area contributed by atoms with Gasteiger partial charge in [0, 0.05) is 0 Å². The van der Waals surface area contributed by atoms with Gasteiger partial charge in [0.2, 0.25) is 0 Å². The number of hydrogen-bond donors (Lipinski definition) is 0. The normalized spacial score (nSPS) is 11.5. The Morgan fingerprint density at radius 1 is 0.409 bits per heavy atom. The summed E-state index contributed by atoms with van der Waals surface area (Å²) >= 11 is 0. The monoisotopic (exact) mass is 425 g/mol. The summed E-state index contributed by atoms with van der Waals surface area (Å²) in [5, 5.41) is 0. The average molecular weight is 425 g/mol. The van der Waals surface area contributed by atoms with Crippen LogP contribution < -0.4 is 24.0 Å². The lowest BCUT2D eigenvalue weighted by Crippen LogP contribution is -3.00. The topological polar surface area (TPSA) is 0 Å². The highest BCUT2D eigenvalue weighted by Crippen LogP contribution is 2.18. The summed E-state index contributed by atoms with van der Waals surface area (Å²) in [6.07, 6.45) is 16.9. The quantitative estimate of drug-likeness (QED) is 0.202. The average Bonchev–Trinajstić information content (AvgIpc) is 2.51. The Balaban J connectivity index is 0. The smallest absolute Gasteiger partial charge is 0.0786 e. The fraction of sp³-hybridized carbons (Fsp3) is 1.00. The summed E-state index contributed by atoms with van der Waals surface area (Å²) in [4.78, 5) is 0. The molecular weight excluding hydrogens is 381 g/mol. The van der Waals surface area contributed by atoms with Gasteiger partial charge in [0.15, 0.2) is 0 Å². The van der Waals surface area contributed by atoms with Crippen LogP contribution in [0.15, 0.2) is 0 Å². The second-order valence-electron chi connectivity index (χ2n) is 7.06. The first kappa shape index (κ1) is 24.9. The second-order valence-corrected chi connectivity index (χ2v) is 7.06. The third-order valence-electron chi connectivity index (χ3n) is 4.94. The maximum absolute atomic E-state index is 2.35. The van der Waals surface area contributed by atoms with Crippen molar-refractivity contribution >= 4 is 0 Å². The summed E-state index contributed by atoms with van der Waals surface area (Å²) in [5.74, 6) is 0. The van der Waals surface area contributed by atoms with Gasteiger partial charge in [-0.25, -0.2) is 0 Å². The van der Waals surface area contributed by atoms with E-state index in [4.69, 9.17) is 0 Å². The molecule has 0 amide bonds. The Bertz CT molecular complexity index is 184. The van der Waals surface area contributed by atoms with Crippen molar-refractivity contribution in [2.24, 2.45) is 0 Å². The Labute approximate surface area is 159 Å². The molecule has 0 saturated carbocycles. The molecule has 22 heavy (non-hydrogen) atoms. The predicted molar refractivity (Wildman–Crippen MR) is 97.8 cm³/mol. The molecular formula is C20H44IN. The van der Waals surface area contributed by atoms with Gasteiger partial charge in [-0.3, -0.25) is 0 Å². The predicted octanol–water partition coefficient (Wildman–Crippen LogP) is 3.57. The van der Waals surface area contributed by atoms with Gasteiger partial charge in [0.1, 0.15) is 0 Å². The molecule has 136 valence electrons. The van der Waals surface area contributed by atoms with Crippen molar-refractivity contribution in [2.45, 2.75) is 105 Å². The summed E-state index contributed by atoms with van der Waals surface area (Å²) in [6, 6.07) is 0. The largest absolute Gasteiger partial charge is 1.00 e.